The van der Waals surface area contributed by atoms with Gasteiger partial charge in [-0.15, -0.1) is 0 Å². The minimum Gasteiger partial charge on any atom is -0.481 e. The first-order valence-corrected chi connectivity index (χ1v) is 6.11. The van der Waals surface area contributed by atoms with Gasteiger partial charge < -0.3 is 14.7 Å². The monoisotopic (exact) mass is 257 g/mol. The Morgan fingerprint density at radius 1 is 1.33 bits per heavy atom. The summed E-state index contributed by atoms with van der Waals surface area (Å²) in [4.78, 5) is 35.0. The molecule has 1 atom stereocenters. The fraction of sp³-hybridized carbons (Fsp3) is 0.750. The quantitative estimate of drug-likeness (QED) is 0.701. The Morgan fingerprint density at radius 3 is 2.44 bits per heavy atom. The molecule has 1 N–H and O–H groups in total. The van der Waals surface area contributed by atoms with Gasteiger partial charge in [-0.3, -0.25) is 14.4 Å². The third-order valence-corrected chi connectivity index (χ3v) is 3.21. The van der Waals surface area contributed by atoms with Gasteiger partial charge in [-0.1, -0.05) is 6.92 Å². The molecule has 0 aliphatic carbocycles. The minimum absolute atomic E-state index is 0.0223. The summed E-state index contributed by atoms with van der Waals surface area (Å²) in [6, 6.07) is 0. The third kappa shape index (κ3) is 3.72. The average molecular weight is 257 g/mol. The van der Waals surface area contributed by atoms with Gasteiger partial charge in [0.25, 0.3) is 0 Å². The van der Waals surface area contributed by atoms with Crippen LogP contribution in [0.1, 0.15) is 26.7 Å². The highest BCUT2D eigenvalue weighted by Crippen LogP contribution is 2.24. The minimum atomic E-state index is -0.835. The molecule has 1 saturated heterocycles. The van der Waals surface area contributed by atoms with Gasteiger partial charge in [0, 0.05) is 25.4 Å². The SMILES string of the molecule is CCOC(=O)CCC(=O)N1CC(C(C)C(=O)O)C1. The van der Waals surface area contributed by atoms with Gasteiger partial charge in [0.2, 0.25) is 5.91 Å². The molecule has 1 heterocycles. The van der Waals surface area contributed by atoms with Gasteiger partial charge in [0.1, 0.15) is 0 Å². The number of ether oxygens (including phenoxy) is 1. The van der Waals surface area contributed by atoms with E-state index in [-0.39, 0.29) is 30.6 Å². The summed E-state index contributed by atoms with van der Waals surface area (Å²) < 4.78 is 4.73. The summed E-state index contributed by atoms with van der Waals surface area (Å²) in [5, 5.41) is 8.81. The van der Waals surface area contributed by atoms with Crippen molar-refractivity contribution >= 4 is 17.8 Å². The van der Waals surface area contributed by atoms with Crippen LogP contribution in [-0.4, -0.2) is 47.5 Å². The number of carboxylic acid groups (broad SMARTS) is 1. The van der Waals surface area contributed by atoms with E-state index in [9.17, 15) is 14.4 Å². The Bertz CT molecular complexity index is 335. The molecule has 102 valence electrons. The Labute approximate surface area is 106 Å². The summed E-state index contributed by atoms with van der Waals surface area (Å²) in [5.41, 5.74) is 0. The van der Waals surface area contributed by atoms with Crippen molar-refractivity contribution in [1.82, 2.24) is 4.90 Å². The summed E-state index contributed by atoms with van der Waals surface area (Å²) in [6.45, 7) is 4.61. The molecule has 1 unspecified atom stereocenters. The van der Waals surface area contributed by atoms with Gasteiger partial charge in [-0.25, -0.2) is 0 Å². The van der Waals surface area contributed by atoms with Crippen molar-refractivity contribution in [2.45, 2.75) is 26.7 Å². The molecule has 0 saturated carbocycles. The van der Waals surface area contributed by atoms with E-state index in [1.165, 1.54) is 0 Å². The Kier molecular flexibility index (Phi) is 5.12. The number of hydrogen-bond acceptors (Lipinski definition) is 4. The molecule has 0 aromatic rings. The van der Waals surface area contributed by atoms with Crippen LogP contribution in [0.15, 0.2) is 0 Å². The zero-order valence-electron chi connectivity index (χ0n) is 10.7. The first kappa shape index (κ1) is 14.5. The number of hydrogen-bond donors (Lipinski definition) is 1. The number of likely N-dealkylation sites (tertiary alicyclic amines) is 1. The van der Waals surface area contributed by atoms with E-state index in [2.05, 4.69) is 0 Å². The van der Waals surface area contributed by atoms with Crippen molar-refractivity contribution < 1.29 is 24.2 Å². The van der Waals surface area contributed by atoms with Gasteiger partial charge in [0.05, 0.1) is 18.9 Å². The topological polar surface area (TPSA) is 83.9 Å². The number of carbonyl (C=O) groups is 3. The summed E-state index contributed by atoms with van der Waals surface area (Å²) in [6.07, 6.45) is 0.218. The van der Waals surface area contributed by atoms with E-state index in [0.717, 1.165) is 0 Å². The molecule has 18 heavy (non-hydrogen) atoms. The molecular weight excluding hydrogens is 238 g/mol. The predicted octanol–water partition coefficient (Wildman–Crippen LogP) is 0.509. The number of carboxylic acids is 1. The summed E-state index contributed by atoms with van der Waals surface area (Å²) >= 11 is 0. The zero-order valence-corrected chi connectivity index (χ0v) is 10.7. The molecular formula is C12H19NO5. The number of nitrogens with zero attached hydrogens (tertiary/aromatic N) is 1. The fourth-order valence-electron chi connectivity index (χ4n) is 1.83. The van der Waals surface area contributed by atoms with E-state index >= 15 is 0 Å². The van der Waals surface area contributed by atoms with E-state index in [1.54, 1.807) is 18.7 Å². The molecule has 0 bridgehead atoms. The van der Waals surface area contributed by atoms with Crippen LogP contribution in [0.3, 0.4) is 0 Å². The van der Waals surface area contributed by atoms with Crippen LogP contribution in [0.2, 0.25) is 0 Å². The van der Waals surface area contributed by atoms with Crippen LogP contribution in [0.5, 0.6) is 0 Å². The number of rotatable bonds is 6. The van der Waals surface area contributed by atoms with Crippen molar-refractivity contribution in [3.05, 3.63) is 0 Å². The van der Waals surface area contributed by atoms with E-state index in [1.807, 2.05) is 0 Å². The summed E-state index contributed by atoms with van der Waals surface area (Å²) in [5.74, 6) is -1.73. The van der Waals surface area contributed by atoms with Crippen LogP contribution < -0.4 is 0 Å². The van der Waals surface area contributed by atoms with Gasteiger partial charge in [0.15, 0.2) is 0 Å². The van der Waals surface area contributed by atoms with Crippen LogP contribution in [0.4, 0.5) is 0 Å². The second-order valence-corrected chi connectivity index (χ2v) is 4.49. The molecule has 0 aromatic heterocycles. The Hall–Kier alpha value is -1.59. The highest BCUT2D eigenvalue weighted by atomic mass is 16.5. The Morgan fingerprint density at radius 2 is 1.94 bits per heavy atom. The zero-order chi connectivity index (χ0) is 13.7. The number of carbonyl (C=O) groups excluding carboxylic acids is 2. The average Bonchev–Trinajstić information content (AvgIpc) is 2.24. The Balaban J connectivity index is 2.23. The molecule has 1 aliphatic rings. The molecule has 1 fully saturated rings. The molecule has 1 rings (SSSR count). The molecule has 6 heteroatoms. The van der Waals surface area contributed by atoms with Crippen molar-refractivity contribution in [3.63, 3.8) is 0 Å². The smallest absolute Gasteiger partial charge is 0.306 e. The fourth-order valence-corrected chi connectivity index (χ4v) is 1.83. The van der Waals surface area contributed by atoms with Crippen molar-refractivity contribution in [2.24, 2.45) is 11.8 Å². The maximum atomic E-state index is 11.6. The van der Waals surface area contributed by atoms with Gasteiger partial charge in [-0.2, -0.15) is 0 Å². The third-order valence-electron chi connectivity index (χ3n) is 3.21. The van der Waals surface area contributed by atoms with Crippen molar-refractivity contribution in [2.75, 3.05) is 19.7 Å². The second kappa shape index (κ2) is 6.37. The second-order valence-electron chi connectivity index (χ2n) is 4.49. The van der Waals surface area contributed by atoms with E-state index in [0.29, 0.717) is 19.7 Å². The highest BCUT2D eigenvalue weighted by Gasteiger charge is 2.36. The lowest BCUT2D eigenvalue weighted by Gasteiger charge is -2.41. The number of esters is 1. The molecule has 6 nitrogen and oxygen atoms in total. The number of amides is 1. The van der Waals surface area contributed by atoms with Crippen LogP contribution in [-0.2, 0) is 19.1 Å². The summed E-state index contributed by atoms with van der Waals surface area (Å²) in [7, 11) is 0. The lowest BCUT2D eigenvalue weighted by Crippen LogP contribution is -2.53. The largest absolute Gasteiger partial charge is 0.481 e. The maximum absolute atomic E-state index is 11.6. The van der Waals surface area contributed by atoms with Gasteiger partial charge in [-0.05, 0) is 6.92 Å². The number of aliphatic carboxylic acids is 1. The first-order chi connectivity index (χ1) is 8.45. The molecule has 0 radical (unpaired) electrons. The normalized spacial score (nSPS) is 16.9. The van der Waals surface area contributed by atoms with Crippen molar-refractivity contribution in [3.8, 4) is 0 Å². The van der Waals surface area contributed by atoms with Crippen molar-refractivity contribution in [1.29, 1.82) is 0 Å². The molecule has 0 aromatic carbocycles. The lowest BCUT2D eigenvalue weighted by molar-refractivity contribution is -0.151. The van der Waals surface area contributed by atoms with E-state index < -0.39 is 11.9 Å². The highest BCUT2D eigenvalue weighted by molar-refractivity contribution is 5.82. The van der Waals surface area contributed by atoms with Crippen LogP contribution in [0, 0.1) is 11.8 Å². The lowest BCUT2D eigenvalue weighted by atomic mass is 9.87. The standard InChI is InChI=1S/C12H19NO5/c1-3-18-11(15)5-4-10(14)13-6-9(7-13)8(2)12(16)17/h8-9H,3-7H2,1-2H3,(H,16,17). The van der Waals surface area contributed by atoms with E-state index in [4.69, 9.17) is 9.84 Å². The molecule has 0 spiro atoms. The van der Waals surface area contributed by atoms with Crippen LogP contribution >= 0.6 is 0 Å². The van der Waals surface area contributed by atoms with Gasteiger partial charge >= 0.3 is 11.9 Å². The molecule has 1 aliphatic heterocycles. The van der Waals surface area contributed by atoms with Crippen LogP contribution in [0.25, 0.3) is 0 Å². The first-order valence-electron chi connectivity index (χ1n) is 6.11. The molecule has 1 amide bonds. The maximum Gasteiger partial charge on any atom is 0.306 e. The predicted molar refractivity (Wildman–Crippen MR) is 62.7 cm³/mol.